The predicted octanol–water partition coefficient (Wildman–Crippen LogP) is 1.31. The highest BCUT2D eigenvalue weighted by Gasteiger charge is 2.11. The van der Waals surface area contributed by atoms with Crippen molar-refractivity contribution < 1.29 is 9.34 Å². The van der Waals surface area contributed by atoms with Crippen LogP contribution in [0.4, 0.5) is 5.69 Å². The molecule has 0 bridgehead atoms. The van der Waals surface area contributed by atoms with Crippen LogP contribution in [0, 0.1) is 10.1 Å². The lowest BCUT2D eigenvalue weighted by Gasteiger charge is -2.07. The zero-order valence-electron chi connectivity index (χ0n) is 11.1. The van der Waals surface area contributed by atoms with Gasteiger partial charge >= 0.3 is 11.4 Å². The normalized spacial score (nSPS) is 10.7. The molecule has 8 heteroatoms. The van der Waals surface area contributed by atoms with Crippen molar-refractivity contribution in [3.63, 3.8) is 0 Å². The van der Waals surface area contributed by atoms with Gasteiger partial charge in [0.1, 0.15) is 5.39 Å². The van der Waals surface area contributed by atoms with E-state index in [2.05, 4.69) is 9.40 Å². The zero-order chi connectivity index (χ0) is 15.7. The van der Waals surface area contributed by atoms with E-state index in [1.807, 2.05) is 0 Å². The molecule has 3 rings (SSSR count). The number of nitro benzene ring substituents is 1. The largest absolute Gasteiger partial charge is 0.423 e. The number of nitro groups is 1. The van der Waals surface area contributed by atoms with E-state index in [-0.39, 0.29) is 23.3 Å². The monoisotopic (exact) mass is 299 g/mol. The van der Waals surface area contributed by atoms with Crippen molar-refractivity contribution in [3.8, 4) is 0 Å². The molecule has 3 aromatic rings. The van der Waals surface area contributed by atoms with Gasteiger partial charge in [-0.2, -0.15) is 0 Å². The van der Waals surface area contributed by atoms with Crippen LogP contribution in [0.2, 0.25) is 0 Å². The Bertz CT molecular complexity index is 972. The van der Waals surface area contributed by atoms with Crippen molar-refractivity contribution in [1.29, 1.82) is 0 Å². The van der Waals surface area contributed by atoms with Gasteiger partial charge in [0.2, 0.25) is 0 Å². The van der Waals surface area contributed by atoms with Crippen molar-refractivity contribution >= 4 is 16.7 Å². The first-order valence-electron chi connectivity index (χ1n) is 6.28. The van der Waals surface area contributed by atoms with E-state index in [0.717, 1.165) is 0 Å². The Morgan fingerprint density at radius 3 is 2.59 bits per heavy atom. The third-order valence-electron chi connectivity index (χ3n) is 3.15. The Balaban J connectivity index is 2.09. The lowest BCUT2D eigenvalue weighted by atomic mass is 10.2. The maximum absolute atomic E-state index is 11.9. The first-order chi connectivity index (χ1) is 10.6. The summed E-state index contributed by atoms with van der Waals surface area (Å²) in [6.07, 6.45) is 1.47. The van der Waals surface area contributed by atoms with Gasteiger partial charge in [-0.25, -0.2) is 14.6 Å². The highest BCUT2D eigenvalue weighted by Crippen LogP contribution is 2.13. The summed E-state index contributed by atoms with van der Waals surface area (Å²) in [5.41, 5.74) is 0.0716. The topological polar surface area (TPSA) is 108 Å². The second-order valence-electron chi connectivity index (χ2n) is 4.54. The van der Waals surface area contributed by atoms with E-state index in [0.29, 0.717) is 5.56 Å². The first-order valence-corrected chi connectivity index (χ1v) is 6.28. The Labute approximate surface area is 122 Å². The first kappa shape index (κ1) is 13.7. The second-order valence-corrected chi connectivity index (χ2v) is 4.54. The molecule has 0 amide bonds. The molecule has 22 heavy (non-hydrogen) atoms. The van der Waals surface area contributed by atoms with Crippen LogP contribution in [0.1, 0.15) is 5.56 Å². The lowest BCUT2D eigenvalue weighted by molar-refractivity contribution is -0.384. The third-order valence-corrected chi connectivity index (χ3v) is 3.15. The molecule has 0 aliphatic rings. The number of benzene rings is 1. The summed E-state index contributed by atoms with van der Waals surface area (Å²) < 4.78 is 5.87. The van der Waals surface area contributed by atoms with Gasteiger partial charge in [-0.05, 0) is 17.7 Å². The standard InChI is InChI=1S/C14H9N3O5/c18-13-11-2-1-7-15-12(11)16(14(19)22-13)8-9-3-5-10(6-4-9)17(20)21/h1-7H,8H2. The number of hydrogen-bond donors (Lipinski definition) is 0. The lowest BCUT2D eigenvalue weighted by Crippen LogP contribution is -2.26. The van der Waals surface area contributed by atoms with Crippen LogP contribution in [0.25, 0.3) is 11.0 Å². The highest BCUT2D eigenvalue weighted by molar-refractivity contribution is 5.72. The molecule has 0 unspecified atom stereocenters. The van der Waals surface area contributed by atoms with E-state index in [9.17, 15) is 19.7 Å². The molecule has 0 fully saturated rings. The predicted molar refractivity (Wildman–Crippen MR) is 76.7 cm³/mol. The van der Waals surface area contributed by atoms with E-state index >= 15 is 0 Å². The summed E-state index contributed by atoms with van der Waals surface area (Å²) in [5.74, 6) is -0.824. The second kappa shape index (κ2) is 5.24. The number of rotatable bonds is 3. The summed E-state index contributed by atoms with van der Waals surface area (Å²) in [4.78, 5) is 37.7. The van der Waals surface area contributed by atoms with E-state index in [4.69, 9.17) is 0 Å². The molecule has 0 N–H and O–H groups in total. The average molecular weight is 299 g/mol. The Hall–Kier alpha value is -3.29. The fourth-order valence-corrected chi connectivity index (χ4v) is 2.09. The van der Waals surface area contributed by atoms with Gasteiger partial charge in [0.05, 0.1) is 11.5 Å². The van der Waals surface area contributed by atoms with Crippen LogP contribution >= 0.6 is 0 Å². The fourth-order valence-electron chi connectivity index (χ4n) is 2.09. The molecule has 0 saturated carbocycles. The van der Waals surface area contributed by atoms with Crippen LogP contribution in [0.3, 0.4) is 0 Å². The molecule has 0 aliphatic heterocycles. The molecule has 2 heterocycles. The summed E-state index contributed by atoms with van der Waals surface area (Å²) >= 11 is 0. The SMILES string of the molecule is O=c1oc(=O)n(Cc2ccc([N+](=O)[O-])cc2)c2ncccc12. The molecule has 0 atom stereocenters. The van der Waals surface area contributed by atoms with Crippen LogP contribution in [-0.2, 0) is 6.54 Å². The highest BCUT2D eigenvalue weighted by atomic mass is 16.6. The minimum Gasteiger partial charge on any atom is -0.372 e. The Morgan fingerprint density at radius 2 is 1.91 bits per heavy atom. The van der Waals surface area contributed by atoms with Crippen LogP contribution in [0.5, 0.6) is 0 Å². The van der Waals surface area contributed by atoms with Gasteiger partial charge in [-0.3, -0.25) is 14.7 Å². The molecule has 110 valence electrons. The quantitative estimate of drug-likeness (QED) is 0.533. The van der Waals surface area contributed by atoms with Crippen LogP contribution in [-0.4, -0.2) is 14.5 Å². The van der Waals surface area contributed by atoms with Gasteiger partial charge < -0.3 is 4.42 Å². The van der Waals surface area contributed by atoms with Gasteiger partial charge in [0.15, 0.2) is 5.65 Å². The molecule has 0 saturated heterocycles. The molecule has 8 nitrogen and oxygen atoms in total. The van der Waals surface area contributed by atoms with Crippen molar-refractivity contribution in [2.45, 2.75) is 6.54 Å². The smallest absolute Gasteiger partial charge is 0.372 e. The van der Waals surface area contributed by atoms with Gasteiger partial charge in [0.25, 0.3) is 5.69 Å². The number of nitrogens with zero attached hydrogens (tertiary/aromatic N) is 3. The molecule has 0 radical (unpaired) electrons. The summed E-state index contributed by atoms with van der Waals surface area (Å²) in [6, 6.07) is 8.83. The van der Waals surface area contributed by atoms with Crippen molar-refractivity contribution in [2.24, 2.45) is 0 Å². The van der Waals surface area contributed by atoms with Crippen molar-refractivity contribution in [3.05, 3.63) is 79.2 Å². The van der Waals surface area contributed by atoms with Gasteiger partial charge in [-0.1, -0.05) is 12.1 Å². The number of pyridine rings is 1. The summed E-state index contributed by atoms with van der Waals surface area (Å²) in [6.45, 7) is 0.0914. The van der Waals surface area contributed by atoms with Crippen LogP contribution < -0.4 is 11.4 Å². The van der Waals surface area contributed by atoms with Gasteiger partial charge in [-0.15, -0.1) is 0 Å². The number of fused-ring (bicyclic) bond motifs is 1. The van der Waals surface area contributed by atoms with E-state index < -0.39 is 16.3 Å². The molecule has 2 aromatic heterocycles. The fraction of sp³-hybridized carbons (Fsp3) is 0.0714. The average Bonchev–Trinajstić information content (AvgIpc) is 2.52. The number of aromatic nitrogens is 2. The van der Waals surface area contributed by atoms with Crippen LogP contribution in [0.15, 0.2) is 56.6 Å². The maximum atomic E-state index is 11.9. The minimum absolute atomic E-state index is 0.0429. The Morgan fingerprint density at radius 1 is 1.18 bits per heavy atom. The van der Waals surface area contributed by atoms with E-state index in [1.165, 1.54) is 41.1 Å². The molecular weight excluding hydrogens is 290 g/mol. The third kappa shape index (κ3) is 2.37. The molecule has 1 aromatic carbocycles. The van der Waals surface area contributed by atoms with Crippen molar-refractivity contribution in [2.75, 3.05) is 0 Å². The van der Waals surface area contributed by atoms with Gasteiger partial charge in [0, 0.05) is 18.3 Å². The zero-order valence-corrected chi connectivity index (χ0v) is 11.1. The molecular formula is C14H9N3O5. The van der Waals surface area contributed by atoms with E-state index in [1.54, 1.807) is 6.07 Å². The Kier molecular flexibility index (Phi) is 3.26. The molecule has 0 spiro atoms. The maximum Gasteiger partial charge on any atom is 0.423 e. The summed E-state index contributed by atoms with van der Waals surface area (Å²) in [7, 11) is 0. The molecule has 0 aliphatic carbocycles. The minimum atomic E-state index is -0.824. The number of hydrogen-bond acceptors (Lipinski definition) is 6. The van der Waals surface area contributed by atoms with Crippen molar-refractivity contribution in [1.82, 2.24) is 9.55 Å². The summed E-state index contributed by atoms with van der Waals surface area (Å²) in [5, 5.41) is 10.8. The number of non-ortho nitro benzene ring substituents is 1.